The Bertz CT molecular complexity index is 268. The van der Waals surface area contributed by atoms with Crippen molar-refractivity contribution in [3.63, 3.8) is 0 Å². The number of ether oxygens (including phenoxy) is 2. The van der Waals surface area contributed by atoms with Gasteiger partial charge in [0.1, 0.15) is 0 Å². The van der Waals surface area contributed by atoms with E-state index in [-0.39, 0.29) is 6.29 Å². The summed E-state index contributed by atoms with van der Waals surface area (Å²) in [6, 6.07) is 0. The number of hydrogen-bond donors (Lipinski definition) is 1. The molecule has 0 aromatic carbocycles. The Morgan fingerprint density at radius 3 is 2.92 bits per heavy atom. The van der Waals surface area contributed by atoms with E-state index in [0.29, 0.717) is 18.9 Å². The maximum atomic E-state index is 5.52. The van der Waals surface area contributed by atoms with Crippen molar-refractivity contribution >= 4 is 5.69 Å². The standard InChI is InChI=1S/C8H13N3O2/c9-7-5-10-11(6-7)2-1-8-12-3-4-13-8/h5-6,8H,1-4,9H2. The van der Waals surface area contributed by atoms with Gasteiger partial charge in [-0.15, -0.1) is 0 Å². The molecule has 0 amide bonds. The summed E-state index contributed by atoms with van der Waals surface area (Å²) in [4.78, 5) is 0. The second-order valence-electron chi connectivity index (χ2n) is 3.00. The smallest absolute Gasteiger partial charge is 0.159 e. The van der Waals surface area contributed by atoms with Crippen molar-refractivity contribution in [3.8, 4) is 0 Å². The third-order valence-corrected chi connectivity index (χ3v) is 1.94. The van der Waals surface area contributed by atoms with E-state index in [0.717, 1.165) is 13.0 Å². The van der Waals surface area contributed by atoms with E-state index in [1.807, 2.05) is 0 Å². The van der Waals surface area contributed by atoms with E-state index in [2.05, 4.69) is 5.10 Å². The molecule has 0 aliphatic carbocycles. The predicted octanol–water partition coefficient (Wildman–Crippen LogP) is 0.228. The zero-order valence-corrected chi connectivity index (χ0v) is 7.35. The maximum absolute atomic E-state index is 5.52. The minimum Gasteiger partial charge on any atom is -0.396 e. The first kappa shape index (κ1) is 8.52. The third kappa shape index (κ3) is 2.19. The molecule has 1 aromatic heterocycles. The molecule has 0 unspecified atom stereocenters. The fourth-order valence-electron chi connectivity index (χ4n) is 1.31. The Hall–Kier alpha value is -1.07. The lowest BCUT2D eigenvalue weighted by Crippen LogP contribution is -2.12. The molecule has 1 aromatic rings. The summed E-state index contributed by atoms with van der Waals surface area (Å²) >= 11 is 0. The van der Waals surface area contributed by atoms with E-state index in [1.165, 1.54) is 0 Å². The molecule has 1 aliphatic rings. The van der Waals surface area contributed by atoms with E-state index in [9.17, 15) is 0 Å². The number of aryl methyl sites for hydroxylation is 1. The normalized spacial score (nSPS) is 18.2. The Morgan fingerprint density at radius 1 is 1.54 bits per heavy atom. The van der Waals surface area contributed by atoms with Crippen molar-refractivity contribution in [2.75, 3.05) is 18.9 Å². The number of aromatic nitrogens is 2. The van der Waals surface area contributed by atoms with Crippen LogP contribution in [0.1, 0.15) is 6.42 Å². The Morgan fingerprint density at radius 2 is 2.31 bits per heavy atom. The highest BCUT2D eigenvalue weighted by atomic mass is 16.7. The fourth-order valence-corrected chi connectivity index (χ4v) is 1.31. The number of nitrogens with two attached hydrogens (primary N) is 1. The summed E-state index contributed by atoms with van der Waals surface area (Å²) in [6.07, 6.45) is 4.19. The zero-order chi connectivity index (χ0) is 9.10. The van der Waals surface area contributed by atoms with Gasteiger partial charge in [0.15, 0.2) is 6.29 Å². The summed E-state index contributed by atoms with van der Waals surface area (Å²) in [7, 11) is 0. The molecule has 2 N–H and O–H groups in total. The second-order valence-corrected chi connectivity index (χ2v) is 3.00. The Kier molecular flexibility index (Phi) is 2.47. The molecule has 1 fully saturated rings. The van der Waals surface area contributed by atoms with E-state index in [4.69, 9.17) is 15.2 Å². The van der Waals surface area contributed by atoms with Gasteiger partial charge in [-0.2, -0.15) is 5.10 Å². The molecule has 2 heterocycles. The van der Waals surface area contributed by atoms with Crippen LogP contribution < -0.4 is 5.73 Å². The fraction of sp³-hybridized carbons (Fsp3) is 0.625. The Labute approximate surface area is 76.4 Å². The topological polar surface area (TPSA) is 62.3 Å². The number of hydrogen-bond acceptors (Lipinski definition) is 4. The van der Waals surface area contributed by atoms with Crippen LogP contribution in [0, 0.1) is 0 Å². The van der Waals surface area contributed by atoms with Crippen molar-refractivity contribution in [1.82, 2.24) is 9.78 Å². The van der Waals surface area contributed by atoms with Crippen molar-refractivity contribution in [1.29, 1.82) is 0 Å². The molecule has 1 saturated heterocycles. The average Bonchev–Trinajstić information content (AvgIpc) is 2.71. The van der Waals surface area contributed by atoms with Gasteiger partial charge in [-0.05, 0) is 0 Å². The molecule has 2 rings (SSSR count). The molecule has 5 nitrogen and oxygen atoms in total. The highest BCUT2D eigenvalue weighted by molar-refractivity contribution is 5.30. The van der Waals surface area contributed by atoms with E-state index < -0.39 is 0 Å². The van der Waals surface area contributed by atoms with Crippen LogP contribution in [0.25, 0.3) is 0 Å². The monoisotopic (exact) mass is 183 g/mol. The number of rotatable bonds is 3. The quantitative estimate of drug-likeness (QED) is 0.728. The highest BCUT2D eigenvalue weighted by Crippen LogP contribution is 2.09. The molecule has 13 heavy (non-hydrogen) atoms. The van der Waals surface area contributed by atoms with Crippen LogP contribution in [0.15, 0.2) is 12.4 Å². The third-order valence-electron chi connectivity index (χ3n) is 1.94. The van der Waals surface area contributed by atoms with Crippen LogP contribution >= 0.6 is 0 Å². The van der Waals surface area contributed by atoms with Crippen LogP contribution in [0.5, 0.6) is 0 Å². The molecule has 0 radical (unpaired) electrons. The van der Waals surface area contributed by atoms with Gasteiger partial charge in [-0.3, -0.25) is 4.68 Å². The minimum absolute atomic E-state index is 0.0644. The molecule has 0 spiro atoms. The molecule has 0 bridgehead atoms. The molecular weight excluding hydrogens is 170 g/mol. The zero-order valence-electron chi connectivity index (χ0n) is 7.35. The summed E-state index contributed by atoms with van der Waals surface area (Å²) in [6.45, 7) is 2.18. The van der Waals surface area contributed by atoms with Crippen molar-refractivity contribution < 1.29 is 9.47 Å². The summed E-state index contributed by atoms with van der Waals surface area (Å²) < 4.78 is 12.4. The molecule has 0 atom stereocenters. The van der Waals surface area contributed by atoms with E-state index in [1.54, 1.807) is 17.1 Å². The number of nitrogen functional groups attached to an aromatic ring is 1. The first-order valence-electron chi connectivity index (χ1n) is 4.36. The van der Waals surface area contributed by atoms with Crippen LogP contribution in [-0.2, 0) is 16.0 Å². The lowest BCUT2D eigenvalue weighted by Gasteiger charge is -2.07. The van der Waals surface area contributed by atoms with Crippen LogP contribution in [0.4, 0.5) is 5.69 Å². The molecule has 5 heteroatoms. The number of anilines is 1. The van der Waals surface area contributed by atoms with Gasteiger partial charge >= 0.3 is 0 Å². The lowest BCUT2D eigenvalue weighted by molar-refractivity contribution is -0.0495. The summed E-state index contributed by atoms with van der Waals surface area (Å²) in [5, 5.41) is 4.06. The van der Waals surface area contributed by atoms with Crippen LogP contribution in [0.2, 0.25) is 0 Å². The first-order chi connectivity index (χ1) is 6.34. The van der Waals surface area contributed by atoms with Gasteiger partial charge in [-0.25, -0.2) is 0 Å². The summed E-state index contributed by atoms with van der Waals surface area (Å²) in [5.74, 6) is 0. The Balaban J connectivity index is 1.78. The first-order valence-corrected chi connectivity index (χ1v) is 4.36. The molecule has 72 valence electrons. The van der Waals surface area contributed by atoms with E-state index >= 15 is 0 Å². The van der Waals surface area contributed by atoms with Crippen molar-refractivity contribution in [3.05, 3.63) is 12.4 Å². The predicted molar refractivity (Wildman–Crippen MR) is 46.9 cm³/mol. The highest BCUT2D eigenvalue weighted by Gasteiger charge is 2.15. The average molecular weight is 183 g/mol. The summed E-state index contributed by atoms with van der Waals surface area (Å²) in [5.41, 5.74) is 6.20. The van der Waals surface area contributed by atoms with Gasteiger partial charge < -0.3 is 15.2 Å². The molecule has 1 aliphatic heterocycles. The van der Waals surface area contributed by atoms with Crippen molar-refractivity contribution in [2.24, 2.45) is 0 Å². The lowest BCUT2D eigenvalue weighted by atomic mass is 10.4. The van der Waals surface area contributed by atoms with Crippen molar-refractivity contribution in [2.45, 2.75) is 19.3 Å². The molecule has 0 saturated carbocycles. The SMILES string of the molecule is Nc1cnn(CCC2OCCO2)c1. The van der Waals surface area contributed by atoms with Crippen LogP contribution in [0.3, 0.4) is 0 Å². The van der Waals surface area contributed by atoms with Gasteiger partial charge in [0, 0.05) is 19.2 Å². The maximum Gasteiger partial charge on any atom is 0.159 e. The largest absolute Gasteiger partial charge is 0.396 e. The molecular formula is C8H13N3O2. The van der Waals surface area contributed by atoms with Gasteiger partial charge in [0.25, 0.3) is 0 Å². The van der Waals surface area contributed by atoms with Gasteiger partial charge in [-0.1, -0.05) is 0 Å². The minimum atomic E-state index is -0.0644. The second kappa shape index (κ2) is 3.76. The number of nitrogens with zero attached hydrogens (tertiary/aromatic N) is 2. The van der Waals surface area contributed by atoms with Gasteiger partial charge in [0.2, 0.25) is 0 Å². The van der Waals surface area contributed by atoms with Gasteiger partial charge in [0.05, 0.1) is 25.1 Å². The van der Waals surface area contributed by atoms with Crippen LogP contribution in [-0.4, -0.2) is 29.3 Å².